The average molecular weight is 317 g/mol. The molecule has 0 atom stereocenters. The Kier molecular flexibility index (Phi) is 4.59. The Hall–Kier alpha value is -1.13. The normalized spacial score (nSPS) is 12.9. The van der Waals surface area contributed by atoms with Crippen LogP contribution in [0.1, 0.15) is 17.3 Å². The number of halogens is 3. The van der Waals surface area contributed by atoms with Crippen LogP contribution in [0, 0.1) is 0 Å². The number of thiophene rings is 1. The van der Waals surface area contributed by atoms with E-state index in [2.05, 4.69) is 0 Å². The van der Waals surface area contributed by atoms with Gasteiger partial charge in [0.05, 0.1) is 5.56 Å². The molecule has 1 heterocycles. The third kappa shape index (κ3) is 3.91. The number of rotatable bonds is 5. The highest BCUT2D eigenvalue weighted by atomic mass is 32.2. The van der Waals surface area contributed by atoms with Crippen LogP contribution in [0.25, 0.3) is 0 Å². The third-order valence-electron chi connectivity index (χ3n) is 2.12. The molecule has 0 aromatic carbocycles. The third-order valence-corrected chi connectivity index (χ3v) is 5.46. The number of sulfonamides is 1. The number of aromatic carboxylic acids is 1. The van der Waals surface area contributed by atoms with E-state index in [1.165, 1.54) is 6.92 Å². The maximum Gasteiger partial charge on any atom is 0.402 e. The molecule has 19 heavy (non-hydrogen) atoms. The first-order valence-corrected chi connectivity index (χ1v) is 7.28. The zero-order valence-electron chi connectivity index (χ0n) is 9.64. The first-order valence-electron chi connectivity index (χ1n) is 4.96. The van der Waals surface area contributed by atoms with Crippen LogP contribution >= 0.6 is 11.3 Å². The summed E-state index contributed by atoms with van der Waals surface area (Å²) < 4.78 is 60.5. The van der Waals surface area contributed by atoms with Crippen LogP contribution in [0.15, 0.2) is 15.7 Å². The standard InChI is InChI=1S/C9H10F3NO4S2/c1-2-13(5-9(10,11)12)19(16,17)7-3-6(4-18-7)8(14)15/h3-4H,2,5H2,1H3,(H,14,15). The summed E-state index contributed by atoms with van der Waals surface area (Å²) in [6.07, 6.45) is -4.66. The van der Waals surface area contributed by atoms with Crippen molar-refractivity contribution in [1.82, 2.24) is 4.31 Å². The minimum absolute atomic E-state index is 0.254. The number of alkyl halides is 3. The van der Waals surface area contributed by atoms with Crippen LogP contribution in [-0.2, 0) is 10.0 Å². The molecule has 1 aromatic heterocycles. The SMILES string of the molecule is CCN(CC(F)(F)F)S(=O)(=O)c1cc(C(=O)O)cs1. The fraction of sp³-hybridized carbons (Fsp3) is 0.444. The highest BCUT2D eigenvalue weighted by molar-refractivity contribution is 7.91. The number of hydrogen-bond donors (Lipinski definition) is 1. The average Bonchev–Trinajstić information content (AvgIpc) is 2.74. The van der Waals surface area contributed by atoms with Gasteiger partial charge in [0.1, 0.15) is 10.8 Å². The van der Waals surface area contributed by atoms with Crippen molar-refractivity contribution in [2.24, 2.45) is 0 Å². The van der Waals surface area contributed by atoms with Gasteiger partial charge in [-0.2, -0.15) is 17.5 Å². The van der Waals surface area contributed by atoms with Crippen molar-refractivity contribution in [3.8, 4) is 0 Å². The molecular formula is C9H10F3NO4S2. The molecule has 0 amide bonds. The second-order valence-corrected chi connectivity index (χ2v) is 6.58. The maximum atomic E-state index is 12.3. The molecule has 0 saturated carbocycles. The van der Waals surface area contributed by atoms with E-state index in [4.69, 9.17) is 5.11 Å². The highest BCUT2D eigenvalue weighted by Gasteiger charge is 2.36. The van der Waals surface area contributed by atoms with Gasteiger partial charge in [0.25, 0.3) is 10.0 Å². The minimum atomic E-state index is -4.66. The zero-order chi connectivity index (χ0) is 14.8. The van der Waals surface area contributed by atoms with Gasteiger partial charge in [-0.15, -0.1) is 11.3 Å². The molecule has 0 unspecified atom stereocenters. The summed E-state index contributed by atoms with van der Waals surface area (Å²) in [5, 5.41) is 9.73. The van der Waals surface area contributed by atoms with Gasteiger partial charge in [-0.25, -0.2) is 13.2 Å². The summed E-state index contributed by atoms with van der Waals surface area (Å²) in [6.45, 7) is -0.691. The summed E-state index contributed by atoms with van der Waals surface area (Å²) in [6, 6.07) is 0.849. The minimum Gasteiger partial charge on any atom is -0.478 e. The van der Waals surface area contributed by atoms with Crippen molar-refractivity contribution in [2.45, 2.75) is 17.3 Å². The molecule has 1 aromatic rings. The molecule has 0 radical (unpaired) electrons. The van der Waals surface area contributed by atoms with Crippen molar-refractivity contribution < 1.29 is 31.5 Å². The van der Waals surface area contributed by atoms with Gasteiger partial charge >= 0.3 is 12.1 Å². The molecular weight excluding hydrogens is 307 g/mol. The zero-order valence-corrected chi connectivity index (χ0v) is 11.3. The number of nitrogens with zero attached hydrogens (tertiary/aromatic N) is 1. The second-order valence-electron chi connectivity index (χ2n) is 3.51. The Morgan fingerprint density at radius 3 is 2.42 bits per heavy atom. The van der Waals surface area contributed by atoms with Crippen LogP contribution in [0.3, 0.4) is 0 Å². The summed E-state index contributed by atoms with van der Waals surface area (Å²) in [7, 11) is -4.33. The summed E-state index contributed by atoms with van der Waals surface area (Å²) in [5.41, 5.74) is -0.272. The molecule has 0 fully saturated rings. The lowest BCUT2D eigenvalue weighted by molar-refractivity contribution is -0.135. The Morgan fingerprint density at radius 2 is 2.05 bits per heavy atom. The fourth-order valence-electron chi connectivity index (χ4n) is 1.26. The maximum absolute atomic E-state index is 12.3. The van der Waals surface area contributed by atoms with E-state index in [0.29, 0.717) is 11.3 Å². The van der Waals surface area contributed by atoms with E-state index < -0.39 is 32.9 Å². The van der Waals surface area contributed by atoms with E-state index in [1.807, 2.05) is 0 Å². The van der Waals surface area contributed by atoms with Crippen LogP contribution in [0.5, 0.6) is 0 Å². The van der Waals surface area contributed by atoms with Crippen LogP contribution in [-0.4, -0.2) is 43.1 Å². The quantitative estimate of drug-likeness (QED) is 0.901. The van der Waals surface area contributed by atoms with Gasteiger partial charge in [0.15, 0.2) is 0 Å². The van der Waals surface area contributed by atoms with E-state index in [0.717, 1.165) is 11.4 Å². The van der Waals surface area contributed by atoms with Crippen molar-refractivity contribution in [1.29, 1.82) is 0 Å². The fourth-order valence-corrected chi connectivity index (χ4v) is 4.00. The van der Waals surface area contributed by atoms with Crippen molar-refractivity contribution in [3.63, 3.8) is 0 Å². The number of carboxylic acid groups (broad SMARTS) is 1. The number of hydrogen-bond acceptors (Lipinski definition) is 4. The van der Waals surface area contributed by atoms with E-state index in [-0.39, 0.29) is 16.4 Å². The largest absolute Gasteiger partial charge is 0.478 e. The first-order chi connectivity index (χ1) is 8.58. The van der Waals surface area contributed by atoms with E-state index in [1.54, 1.807) is 0 Å². The van der Waals surface area contributed by atoms with Gasteiger partial charge in [-0.3, -0.25) is 0 Å². The lowest BCUT2D eigenvalue weighted by Crippen LogP contribution is -2.38. The molecule has 5 nitrogen and oxygen atoms in total. The molecule has 10 heteroatoms. The predicted molar refractivity (Wildman–Crippen MR) is 61.8 cm³/mol. The van der Waals surface area contributed by atoms with E-state index >= 15 is 0 Å². The smallest absolute Gasteiger partial charge is 0.402 e. The molecule has 1 rings (SSSR count). The number of carbonyl (C=O) groups is 1. The van der Waals surface area contributed by atoms with Gasteiger partial charge in [-0.1, -0.05) is 6.92 Å². The van der Waals surface area contributed by atoms with Crippen LogP contribution in [0.4, 0.5) is 13.2 Å². The highest BCUT2D eigenvalue weighted by Crippen LogP contribution is 2.26. The molecule has 1 N–H and O–H groups in total. The van der Waals surface area contributed by atoms with Crippen molar-refractivity contribution in [2.75, 3.05) is 13.1 Å². The van der Waals surface area contributed by atoms with Gasteiger partial charge in [0, 0.05) is 11.9 Å². The Bertz CT molecular complexity index is 564. The van der Waals surface area contributed by atoms with Gasteiger partial charge in [0.2, 0.25) is 0 Å². The predicted octanol–water partition coefficient (Wildman–Crippen LogP) is 2.02. The summed E-state index contributed by atoms with van der Waals surface area (Å²) in [4.78, 5) is 10.6. The lowest BCUT2D eigenvalue weighted by Gasteiger charge is -2.20. The monoisotopic (exact) mass is 317 g/mol. The topological polar surface area (TPSA) is 74.7 Å². The number of carboxylic acids is 1. The van der Waals surface area contributed by atoms with Crippen LogP contribution < -0.4 is 0 Å². The molecule has 0 saturated heterocycles. The first kappa shape index (κ1) is 15.9. The second kappa shape index (κ2) is 5.47. The Balaban J connectivity index is 3.10. The van der Waals surface area contributed by atoms with Crippen LogP contribution in [0.2, 0.25) is 0 Å². The molecule has 108 valence electrons. The summed E-state index contributed by atoms with van der Waals surface area (Å²) >= 11 is 0.577. The Morgan fingerprint density at radius 1 is 1.47 bits per heavy atom. The molecule has 0 aliphatic carbocycles. The molecule has 0 spiro atoms. The molecule has 0 bridgehead atoms. The van der Waals surface area contributed by atoms with Crippen molar-refractivity contribution >= 4 is 27.3 Å². The summed E-state index contributed by atoms with van der Waals surface area (Å²) in [5.74, 6) is -1.34. The van der Waals surface area contributed by atoms with Gasteiger partial charge < -0.3 is 5.11 Å². The molecule has 0 aliphatic rings. The lowest BCUT2D eigenvalue weighted by atomic mass is 10.4. The molecule has 0 aliphatic heterocycles. The van der Waals surface area contributed by atoms with Crippen molar-refractivity contribution in [3.05, 3.63) is 17.0 Å². The van der Waals surface area contributed by atoms with Gasteiger partial charge in [-0.05, 0) is 6.07 Å². The van der Waals surface area contributed by atoms with E-state index in [9.17, 15) is 26.4 Å². The Labute approximate surface area is 111 Å².